The molecule has 1 N–H and O–H groups in total. The molecule has 0 radical (unpaired) electrons. The van der Waals surface area contributed by atoms with Crippen LogP contribution in [0.5, 0.6) is 0 Å². The van der Waals surface area contributed by atoms with E-state index in [0.717, 1.165) is 12.5 Å². The molecule has 0 aromatic carbocycles. The van der Waals surface area contributed by atoms with Crippen LogP contribution in [0.15, 0.2) is 0 Å². The van der Waals surface area contributed by atoms with Crippen molar-refractivity contribution in [1.82, 2.24) is 5.32 Å². The summed E-state index contributed by atoms with van der Waals surface area (Å²) in [5.41, 5.74) is 0.101. The zero-order chi connectivity index (χ0) is 13.4. The summed E-state index contributed by atoms with van der Waals surface area (Å²) in [4.78, 5) is 0. The van der Waals surface area contributed by atoms with Gasteiger partial charge in [-0.1, -0.05) is 52.9 Å². The highest BCUT2D eigenvalue weighted by Gasteiger charge is 2.42. The lowest BCUT2D eigenvalue weighted by Gasteiger charge is -2.46. The van der Waals surface area contributed by atoms with Crippen LogP contribution in [0.3, 0.4) is 0 Å². The first kappa shape index (κ1) is 16.0. The van der Waals surface area contributed by atoms with Gasteiger partial charge in [0.1, 0.15) is 0 Å². The molecular formula is C16H33NO. The fourth-order valence-electron chi connectivity index (χ4n) is 3.63. The molecule has 0 spiro atoms. The van der Waals surface area contributed by atoms with E-state index in [-0.39, 0.29) is 5.60 Å². The fraction of sp³-hybridized carbons (Fsp3) is 1.00. The molecule has 2 nitrogen and oxygen atoms in total. The number of rotatable bonds is 8. The summed E-state index contributed by atoms with van der Waals surface area (Å²) in [6.45, 7) is 8.01. The fourth-order valence-corrected chi connectivity index (χ4v) is 3.63. The van der Waals surface area contributed by atoms with Crippen LogP contribution in [-0.2, 0) is 4.74 Å². The van der Waals surface area contributed by atoms with E-state index < -0.39 is 0 Å². The smallest absolute Gasteiger partial charge is 0.0833 e. The predicted molar refractivity (Wildman–Crippen MR) is 79.0 cm³/mol. The Morgan fingerprint density at radius 2 is 1.67 bits per heavy atom. The van der Waals surface area contributed by atoms with Crippen molar-refractivity contribution in [2.45, 2.75) is 83.8 Å². The summed E-state index contributed by atoms with van der Waals surface area (Å²) < 4.78 is 6.06. The van der Waals surface area contributed by atoms with E-state index in [1.165, 1.54) is 51.4 Å². The summed E-state index contributed by atoms with van der Waals surface area (Å²) in [6, 6.07) is 0.540. The van der Waals surface area contributed by atoms with E-state index >= 15 is 0 Å². The molecule has 0 bridgehead atoms. The second-order valence-corrected chi connectivity index (χ2v) is 5.84. The lowest BCUT2D eigenvalue weighted by molar-refractivity contribution is -0.0824. The van der Waals surface area contributed by atoms with Gasteiger partial charge in [-0.2, -0.15) is 0 Å². The van der Waals surface area contributed by atoms with Crippen molar-refractivity contribution in [2.24, 2.45) is 5.92 Å². The molecule has 0 saturated heterocycles. The summed E-state index contributed by atoms with van der Waals surface area (Å²) in [5.74, 6) is 0.745. The van der Waals surface area contributed by atoms with Gasteiger partial charge < -0.3 is 10.1 Å². The Kier molecular flexibility index (Phi) is 7.25. The van der Waals surface area contributed by atoms with Crippen LogP contribution >= 0.6 is 0 Å². The number of hydrogen-bond donors (Lipinski definition) is 1. The predicted octanol–water partition coefficient (Wildman–Crippen LogP) is 4.14. The number of methoxy groups -OCH3 is 1. The molecular weight excluding hydrogens is 222 g/mol. The average molecular weight is 255 g/mol. The molecule has 0 aromatic heterocycles. The van der Waals surface area contributed by atoms with Gasteiger partial charge in [0, 0.05) is 13.2 Å². The molecule has 1 aliphatic carbocycles. The van der Waals surface area contributed by atoms with Gasteiger partial charge in [0.05, 0.1) is 5.60 Å². The molecule has 2 heteroatoms. The molecule has 0 aliphatic heterocycles. The Morgan fingerprint density at radius 1 is 1.06 bits per heavy atom. The highest BCUT2D eigenvalue weighted by Crippen LogP contribution is 2.38. The SMILES string of the molecule is CCCNC(C(CC)CC)C1(OC)CCCCC1. The van der Waals surface area contributed by atoms with Gasteiger partial charge in [-0.05, 0) is 31.7 Å². The van der Waals surface area contributed by atoms with Crippen LogP contribution in [0, 0.1) is 5.92 Å². The Balaban J connectivity index is 2.82. The van der Waals surface area contributed by atoms with Crippen LogP contribution < -0.4 is 5.32 Å². The zero-order valence-electron chi connectivity index (χ0n) is 12.9. The first-order valence-corrected chi connectivity index (χ1v) is 8.02. The maximum atomic E-state index is 6.06. The van der Waals surface area contributed by atoms with Gasteiger partial charge in [0.15, 0.2) is 0 Å². The molecule has 108 valence electrons. The first-order chi connectivity index (χ1) is 8.74. The molecule has 1 atom stereocenters. The second kappa shape index (κ2) is 8.16. The minimum absolute atomic E-state index is 0.101. The van der Waals surface area contributed by atoms with E-state index in [1.807, 2.05) is 7.11 Å². The van der Waals surface area contributed by atoms with E-state index in [9.17, 15) is 0 Å². The zero-order valence-corrected chi connectivity index (χ0v) is 12.9. The van der Waals surface area contributed by atoms with Crippen molar-refractivity contribution in [3.05, 3.63) is 0 Å². The monoisotopic (exact) mass is 255 g/mol. The minimum atomic E-state index is 0.101. The standard InChI is InChI=1S/C16H33NO/c1-5-13-17-15(14(6-2)7-3)16(18-4)11-9-8-10-12-16/h14-15,17H,5-13H2,1-4H3. The van der Waals surface area contributed by atoms with Gasteiger partial charge in [-0.25, -0.2) is 0 Å². The molecule has 0 amide bonds. The summed E-state index contributed by atoms with van der Waals surface area (Å²) in [5, 5.41) is 3.81. The third kappa shape index (κ3) is 3.71. The van der Waals surface area contributed by atoms with Crippen molar-refractivity contribution in [3.8, 4) is 0 Å². The molecule has 0 heterocycles. The Bertz CT molecular complexity index is 207. The van der Waals surface area contributed by atoms with Gasteiger partial charge in [-0.3, -0.25) is 0 Å². The van der Waals surface area contributed by atoms with Crippen molar-refractivity contribution in [1.29, 1.82) is 0 Å². The van der Waals surface area contributed by atoms with Crippen molar-refractivity contribution < 1.29 is 4.74 Å². The maximum absolute atomic E-state index is 6.06. The van der Waals surface area contributed by atoms with Crippen LogP contribution in [-0.4, -0.2) is 25.3 Å². The highest BCUT2D eigenvalue weighted by molar-refractivity contribution is 4.98. The molecule has 1 fully saturated rings. The number of nitrogens with one attached hydrogen (secondary N) is 1. The lowest BCUT2D eigenvalue weighted by atomic mass is 9.73. The van der Waals surface area contributed by atoms with E-state index in [2.05, 4.69) is 26.1 Å². The van der Waals surface area contributed by atoms with Crippen LogP contribution in [0.25, 0.3) is 0 Å². The normalized spacial score (nSPS) is 21.2. The molecule has 1 saturated carbocycles. The average Bonchev–Trinajstić information content (AvgIpc) is 2.44. The van der Waals surface area contributed by atoms with Gasteiger partial charge in [-0.15, -0.1) is 0 Å². The van der Waals surface area contributed by atoms with Gasteiger partial charge in [0.2, 0.25) is 0 Å². The number of ether oxygens (including phenoxy) is 1. The third-order valence-electron chi connectivity index (χ3n) is 4.81. The molecule has 0 aromatic rings. The largest absolute Gasteiger partial charge is 0.377 e. The van der Waals surface area contributed by atoms with Crippen LogP contribution in [0.2, 0.25) is 0 Å². The molecule has 18 heavy (non-hydrogen) atoms. The van der Waals surface area contributed by atoms with E-state index in [1.54, 1.807) is 0 Å². The summed E-state index contributed by atoms with van der Waals surface area (Å²) in [6.07, 6.45) is 10.2. The highest BCUT2D eigenvalue weighted by atomic mass is 16.5. The second-order valence-electron chi connectivity index (χ2n) is 5.84. The third-order valence-corrected chi connectivity index (χ3v) is 4.81. The van der Waals surface area contributed by atoms with Gasteiger partial charge >= 0.3 is 0 Å². The first-order valence-electron chi connectivity index (χ1n) is 8.02. The van der Waals surface area contributed by atoms with E-state index in [4.69, 9.17) is 4.74 Å². The Morgan fingerprint density at radius 3 is 2.11 bits per heavy atom. The molecule has 1 rings (SSSR count). The maximum Gasteiger partial charge on any atom is 0.0833 e. The number of hydrogen-bond acceptors (Lipinski definition) is 2. The quantitative estimate of drug-likeness (QED) is 0.704. The van der Waals surface area contributed by atoms with Crippen LogP contribution in [0.1, 0.15) is 72.1 Å². The summed E-state index contributed by atoms with van der Waals surface area (Å²) >= 11 is 0. The van der Waals surface area contributed by atoms with Crippen LogP contribution in [0.4, 0.5) is 0 Å². The molecule has 1 unspecified atom stereocenters. The van der Waals surface area contributed by atoms with Crippen molar-refractivity contribution in [3.63, 3.8) is 0 Å². The van der Waals surface area contributed by atoms with Crippen molar-refractivity contribution in [2.75, 3.05) is 13.7 Å². The Hall–Kier alpha value is -0.0800. The van der Waals surface area contributed by atoms with Crippen molar-refractivity contribution >= 4 is 0 Å². The Labute approximate surface area is 114 Å². The van der Waals surface area contributed by atoms with Gasteiger partial charge in [0.25, 0.3) is 0 Å². The van der Waals surface area contributed by atoms with E-state index in [0.29, 0.717) is 6.04 Å². The lowest BCUT2D eigenvalue weighted by Crippen LogP contribution is -2.56. The topological polar surface area (TPSA) is 21.3 Å². The minimum Gasteiger partial charge on any atom is -0.377 e. The summed E-state index contributed by atoms with van der Waals surface area (Å²) in [7, 11) is 1.92. The molecule has 1 aliphatic rings.